The van der Waals surface area contributed by atoms with Crippen molar-refractivity contribution in [3.05, 3.63) is 126 Å². The van der Waals surface area contributed by atoms with Gasteiger partial charge in [-0.2, -0.15) is 0 Å². The zero-order valence-electron chi connectivity index (χ0n) is 28.6. The maximum atomic E-state index is 13.7. The standard InChI is InChI=1S/C40H43N3O5.K/c1-29-13-15-30(16-14-29)37(21-23-41-24-26-42(27-25-41)36-10-5-6-11-38(36)47-2)48-32-19-17-31(18-20-32)40(46)34-28-43(22-7-12-39(44)45)35-9-4-3-8-33(34)35;/h3-6,8-11,13-20,28,37H,7,12,21-27H2,1-2H3,(H,44,45);/q;+1/p-1/t37-;/m0./s1. The van der Waals surface area contributed by atoms with Gasteiger partial charge in [0.15, 0.2) is 5.78 Å². The number of para-hydroxylation sites is 3. The molecule has 1 aliphatic rings. The van der Waals surface area contributed by atoms with Crippen molar-refractivity contribution in [1.82, 2.24) is 9.47 Å². The van der Waals surface area contributed by atoms with Crippen LogP contribution in [0.1, 0.15) is 52.4 Å². The number of aryl methyl sites for hydroxylation is 2. The van der Waals surface area contributed by atoms with Gasteiger partial charge in [-0.1, -0.05) is 60.2 Å². The Balaban J connectivity index is 0.00000468. The molecule has 0 unspecified atom stereocenters. The summed E-state index contributed by atoms with van der Waals surface area (Å²) < 4.78 is 14.1. The number of nitrogens with zero attached hydrogens (tertiary/aromatic N) is 3. The third kappa shape index (κ3) is 9.22. The Kier molecular flexibility index (Phi) is 13.1. The fourth-order valence-corrected chi connectivity index (χ4v) is 6.49. The molecule has 0 aliphatic carbocycles. The van der Waals surface area contributed by atoms with Crippen molar-refractivity contribution in [2.45, 2.75) is 38.8 Å². The number of carboxylic acids is 1. The maximum absolute atomic E-state index is 13.7. The topological polar surface area (TPSA) is 87.1 Å². The van der Waals surface area contributed by atoms with Crippen LogP contribution in [0.25, 0.3) is 10.9 Å². The molecule has 1 aliphatic heterocycles. The molecule has 248 valence electrons. The van der Waals surface area contributed by atoms with Crippen molar-refractivity contribution >= 4 is 28.3 Å². The van der Waals surface area contributed by atoms with E-state index < -0.39 is 5.97 Å². The van der Waals surface area contributed by atoms with Crippen LogP contribution in [-0.4, -0.2) is 61.1 Å². The van der Waals surface area contributed by atoms with Gasteiger partial charge < -0.3 is 28.8 Å². The number of rotatable bonds is 14. The van der Waals surface area contributed by atoms with Crippen LogP contribution in [-0.2, 0) is 11.3 Å². The van der Waals surface area contributed by atoms with Crippen LogP contribution in [0.3, 0.4) is 0 Å². The van der Waals surface area contributed by atoms with Crippen LogP contribution in [0.4, 0.5) is 5.69 Å². The number of hydrogen-bond donors (Lipinski definition) is 0. The number of benzene rings is 4. The van der Waals surface area contributed by atoms with Gasteiger partial charge in [-0.05, 0) is 67.8 Å². The fraction of sp³-hybridized carbons (Fsp3) is 0.300. The van der Waals surface area contributed by atoms with Crippen molar-refractivity contribution in [1.29, 1.82) is 0 Å². The van der Waals surface area contributed by atoms with Gasteiger partial charge >= 0.3 is 51.4 Å². The second kappa shape index (κ2) is 17.5. The summed E-state index contributed by atoms with van der Waals surface area (Å²) in [5.41, 5.74) is 5.53. The molecule has 0 bridgehead atoms. The van der Waals surface area contributed by atoms with Crippen molar-refractivity contribution in [2.75, 3.05) is 44.7 Å². The average molecular weight is 684 g/mol. The SMILES string of the molecule is COc1ccccc1N1CCN(CC[C@H](Oc2ccc(C(=O)c3cn(CCCC(=O)[O-])c4ccccc34)cc2)c2ccc(C)cc2)CC1.[K+]. The van der Waals surface area contributed by atoms with Crippen LogP contribution in [0, 0.1) is 6.92 Å². The molecule has 0 saturated carbocycles. The van der Waals surface area contributed by atoms with Crippen molar-refractivity contribution in [3.8, 4) is 11.5 Å². The van der Waals surface area contributed by atoms with Gasteiger partial charge in [0, 0.05) is 79.9 Å². The average Bonchev–Trinajstić information content (AvgIpc) is 3.49. The van der Waals surface area contributed by atoms with E-state index in [1.165, 1.54) is 5.56 Å². The van der Waals surface area contributed by atoms with Crippen LogP contribution in [0.5, 0.6) is 11.5 Å². The van der Waals surface area contributed by atoms with E-state index >= 15 is 0 Å². The first-order valence-electron chi connectivity index (χ1n) is 16.7. The number of hydrogen-bond acceptors (Lipinski definition) is 7. The van der Waals surface area contributed by atoms with E-state index in [4.69, 9.17) is 9.47 Å². The molecule has 49 heavy (non-hydrogen) atoms. The predicted octanol–water partition coefficient (Wildman–Crippen LogP) is 3.06. The second-order valence-corrected chi connectivity index (χ2v) is 12.4. The van der Waals surface area contributed by atoms with E-state index in [-0.39, 0.29) is 69.7 Å². The monoisotopic (exact) mass is 683 g/mol. The molecule has 2 heterocycles. The third-order valence-corrected chi connectivity index (χ3v) is 9.16. The molecule has 1 aromatic heterocycles. The minimum atomic E-state index is -1.07. The molecular weight excluding hydrogens is 642 g/mol. The van der Waals surface area contributed by atoms with Crippen molar-refractivity contribution in [3.63, 3.8) is 0 Å². The molecule has 8 nitrogen and oxygen atoms in total. The number of ether oxygens (including phenoxy) is 2. The van der Waals surface area contributed by atoms with Crippen molar-refractivity contribution < 1.29 is 75.6 Å². The molecule has 0 N–H and O–H groups in total. The first-order valence-corrected chi connectivity index (χ1v) is 16.7. The van der Waals surface area contributed by atoms with Crippen molar-refractivity contribution in [2.24, 2.45) is 0 Å². The number of carbonyl (C=O) groups is 2. The van der Waals surface area contributed by atoms with E-state index in [1.54, 1.807) is 7.11 Å². The Morgan fingerprint density at radius 2 is 1.53 bits per heavy atom. The maximum Gasteiger partial charge on any atom is 1.00 e. The van der Waals surface area contributed by atoms with Crippen LogP contribution in [0.2, 0.25) is 0 Å². The molecular formula is C40H42KN3O5. The molecule has 5 aromatic rings. The number of aliphatic carboxylic acids is 1. The normalized spacial score (nSPS) is 13.9. The Morgan fingerprint density at radius 1 is 0.837 bits per heavy atom. The molecule has 4 aromatic carbocycles. The summed E-state index contributed by atoms with van der Waals surface area (Å²) >= 11 is 0. The van der Waals surface area contributed by atoms with Gasteiger partial charge in [-0.3, -0.25) is 9.69 Å². The van der Waals surface area contributed by atoms with Gasteiger partial charge in [-0.25, -0.2) is 0 Å². The van der Waals surface area contributed by atoms with E-state index in [2.05, 4.69) is 53.1 Å². The van der Waals surface area contributed by atoms with E-state index in [0.717, 1.165) is 67.0 Å². The number of ketones is 1. The first kappa shape index (κ1) is 36.8. The molecule has 9 heteroatoms. The number of aromatic nitrogens is 1. The number of piperazine rings is 1. The summed E-state index contributed by atoms with van der Waals surface area (Å²) in [6.07, 6.45) is 2.92. The molecule has 0 radical (unpaired) electrons. The number of carbonyl (C=O) groups excluding carboxylic acids is 2. The van der Waals surface area contributed by atoms with Gasteiger partial charge in [0.2, 0.25) is 0 Å². The molecule has 0 spiro atoms. The number of methoxy groups -OCH3 is 1. The predicted molar refractivity (Wildman–Crippen MR) is 187 cm³/mol. The summed E-state index contributed by atoms with van der Waals surface area (Å²) in [6.45, 7) is 7.27. The van der Waals surface area contributed by atoms with E-state index in [0.29, 0.717) is 29.8 Å². The summed E-state index contributed by atoms with van der Waals surface area (Å²) in [7, 11) is 1.72. The van der Waals surface area contributed by atoms with Crippen LogP contribution in [0.15, 0.2) is 103 Å². The van der Waals surface area contributed by atoms with Gasteiger partial charge in [0.05, 0.1) is 12.8 Å². The first-order chi connectivity index (χ1) is 23.4. The Bertz CT molecular complexity index is 1850. The Labute approximate surface area is 331 Å². The Morgan fingerprint density at radius 3 is 2.24 bits per heavy atom. The van der Waals surface area contributed by atoms with E-state index in [9.17, 15) is 14.7 Å². The fourth-order valence-electron chi connectivity index (χ4n) is 6.49. The van der Waals surface area contributed by atoms with Crippen LogP contribution < -0.4 is 70.9 Å². The second-order valence-electron chi connectivity index (χ2n) is 12.4. The largest absolute Gasteiger partial charge is 1.00 e. The quantitative estimate of drug-likeness (QED) is 0.131. The molecule has 1 fully saturated rings. The zero-order valence-corrected chi connectivity index (χ0v) is 31.8. The van der Waals surface area contributed by atoms with Crippen LogP contribution >= 0.6 is 0 Å². The minimum absolute atomic E-state index is 0. The van der Waals surface area contributed by atoms with Gasteiger partial charge in [-0.15, -0.1) is 0 Å². The summed E-state index contributed by atoms with van der Waals surface area (Å²) in [4.78, 5) is 29.5. The van der Waals surface area contributed by atoms with Gasteiger partial charge in [0.1, 0.15) is 17.6 Å². The van der Waals surface area contributed by atoms with E-state index in [1.807, 2.05) is 71.4 Å². The number of carboxylic acid groups (broad SMARTS) is 1. The zero-order chi connectivity index (χ0) is 33.5. The molecule has 1 atom stereocenters. The Hall–Kier alpha value is -3.44. The number of fused-ring (bicyclic) bond motifs is 1. The molecule has 6 rings (SSSR count). The summed E-state index contributed by atoms with van der Waals surface area (Å²) in [5, 5.41) is 11.8. The minimum Gasteiger partial charge on any atom is -0.550 e. The summed E-state index contributed by atoms with van der Waals surface area (Å²) in [6, 6.07) is 31.8. The van der Waals surface area contributed by atoms with Gasteiger partial charge in [0.25, 0.3) is 0 Å². The number of anilines is 1. The molecule has 0 amide bonds. The molecule has 1 saturated heterocycles. The third-order valence-electron chi connectivity index (χ3n) is 9.16. The summed E-state index contributed by atoms with van der Waals surface area (Å²) in [5.74, 6) is 0.462. The smallest absolute Gasteiger partial charge is 0.550 e.